The molecule has 0 saturated carbocycles. The van der Waals surface area contributed by atoms with Crippen molar-refractivity contribution < 1.29 is 18.8 Å². The second-order valence-electron chi connectivity index (χ2n) is 9.91. The molecule has 0 bridgehead atoms. The second-order valence-corrected chi connectivity index (χ2v) is 9.91. The molecule has 0 spiro atoms. The maximum atomic E-state index is 12.3. The van der Waals surface area contributed by atoms with E-state index >= 15 is 0 Å². The zero-order valence-electron chi connectivity index (χ0n) is 20.1. The Kier molecular flexibility index (Phi) is 6.58. The van der Waals surface area contributed by atoms with E-state index in [0.717, 1.165) is 29.7 Å². The lowest BCUT2D eigenvalue weighted by molar-refractivity contribution is -0.132. The van der Waals surface area contributed by atoms with Gasteiger partial charge in [-0.3, -0.25) is 4.79 Å². The molecule has 1 aromatic carbocycles. The SMILES string of the molecule is CC(=O)N1CC(Nc2cc(-c3noc(C4CCN(C(=O)OC(C)(C)C)CC4)n3)ccc2C=N)C1. The van der Waals surface area contributed by atoms with Gasteiger partial charge in [0.25, 0.3) is 0 Å². The minimum Gasteiger partial charge on any atom is -0.444 e. The van der Waals surface area contributed by atoms with Crippen molar-refractivity contribution in [1.29, 1.82) is 5.41 Å². The van der Waals surface area contributed by atoms with Gasteiger partial charge in [0.1, 0.15) is 5.60 Å². The molecule has 182 valence electrons. The lowest BCUT2D eigenvalue weighted by Gasteiger charge is -2.39. The second kappa shape index (κ2) is 9.44. The average molecular weight is 469 g/mol. The number of piperidine rings is 1. The molecule has 1 aromatic heterocycles. The molecule has 3 heterocycles. The number of aromatic nitrogens is 2. The van der Waals surface area contributed by atoms with E-state index in [1.165, 1.54) is 6.21 Å². The van der Waals surface area contributed by atoms with Crippen LogP contribution in [0.4, 0.5) is 10.5 Å². The first-order valence-electron chi connectivity index (χ1n) is 11.6. The lowest BCUT2D eigenvalue weighted by Crippen LogP contribution is -2.56. The molecule has 2 aliphatic rings. The highest BCUT2D eigenvalue weighted by atomic mass is 16.6. The lowest BCUT2D eigenvalue weighted by atomic mass is 9.97. The van der Waals surface area contributed by atoms with Gasteiger partial charge >= 0.3 is 6.09 Å². The Balaban J connectivity index is 1.40. The zero-order valence-corrected chi connectivity index (χ0v) is 20.1. The molecule has 0 atom stereocenters. The number of anilines is 1. The number of nitrogens with zero attached hydrogens (tertiary/aromatic N) is 4. The number of hydrogen-bond donors (Lipinski definition) is 2. The van der Waals surface area contributed by atoms with Crippen LogP contribution in [0, 0.1) is 5.41 Å². The quantitative estimate of drug-likeness (QED) is 0.644. The summed E-state index contributed by atoms with van der Waals surface area (Å²) in [7, 11) is 0. The van der Waals surface area contributed by atoms with E-state index in [2.05, 4.69) is 15.5 Å². The summed E-state index contributed by atoms with van der Waals surface area (Å²) in [6.45, 7) is 9.60. The number of rotatable bonds is 5. The normalized spacial score (nSPS) is 17.3. The van der Waals surface area contributed by atoms with Crippen molar-refractivity contribution in [3.63, 3.8) is 0 Å². The summed E-state index contributed by atoms with van der Waals surface area (Å²) in [5.74, 6) is 1.21. The fraction of sp³-hybridized carbons (Fsp3) is 0.542. The Hall–Kier alpha value is -3.43. The van der Waals surface area contributed by atoms with Crippen molar-refractivity contribution in [2.75, 3.05) is 31.5 Å². The van der Waals surface area contributed by atoms with Crippen LogP contribution in [0.1, 0.15) is 57.9 Å². The molecule has 2 amide bonds. The monoisotopic (exact) mass is 468 g/mol. The number of carbonyl (C=O) groups is 2. The fourth-order valence-electron chi connectivity index (χ4n) is 4.15. The molecular weight excluding hydrogens is 436 g/mol. The molecule has 2 fully saturated rings. The highest BCUT2D eigenvalue weighted by Crippen LogP contribution is 2.30. The Morgan fingerprint density at radius 1 is 1.21 bits per heavy atom. The van der Waals surface area contributed by atoms with Crippen LogP contribution in [-0.4, -0.2) is 76.0 Å². The summed E-state index contributed by atoms with van der Waals surface area (Å²) >= 11 is 0. The van der Waals surface area contributed by atoms with Gasteiger partial charge in [0, 0.05) is 62.0 Å². The molecule has 34 heavy (non-hydrogen) atoms. The van der Waals surface area contributed by atoms with Crippen LogP contribution in [-0.2, 0) is 9.53 Å². The van der Waals surface area contributed by atoms with Crippen molar-refractivity contribution in [3.05, 3.63) is 29.7 Å². The Bertz CT molecular complexity index is 1060. The van der Waals surface area contributed by atoms with Gasteiger partial charge in [0.15, 0.2) is 0 Å². The largest absolute Gasteiger partial charge is 0.444 e. The smallest absolute Gasteiger partial charge is 0.410 e. The minimum atomic E-state index is -0.512. The van der Waals surface area contributed by atoms with E-state index in [1.807, 2.05) is 39.0 Å². The molecule has 10 nitrogen and oxygen atoms in total. The highest BCUT2D eigenvalue weighted by molar-refractivity contribution is 5.88. The molecule has 2 N–H and O–H groups in total. The van der Waals surface area contributed by atoms with Crippen LogP contribution < -0.4 is 5.32 Å². The van der Waals surface area contributed by atoms with Gasteiger partial charge in [0.2, 0.25) is 17.6 Å². The molecule has 4 rings (SSSR count). The highest BCUT2D eigenvalue weighted by Gasteiger charge is 2.31. The number of nitrogens with one attached hydrogen (secondary N) is 2. The van der Waals surface area contributed by atoms with E-state index in [1.54, 1.807) is 16.7 Å². The first-order valence-corrected chi connectivity index (χ1v) is 11.6. The summed E-state index contributed by atoms with van der Waals surface area (Å²) in [5, 5.41) is 15.3. The maximum absolute atomic E-state index is 12.3. The van der Waals surface area contributed by atoms with Crippen molar-refractivity contribution in [2.45, 2.75) is 58.1 Å². The predicted octanol–water partition coefficient (Wildman–Crippen LogP) is 3.49. The van der Waals surface area contributed by atoms with Gasteiger partial charge in [-0.2, -0.15) is 4.98 Å². The molecule has 2 saturated heterocycles. The fourth-order valence-corrected chi connectivity index (χ4v) is 4.15. The number of ether oxygens (including phenoxy) is 1. The first-order chi connectivity index (χ1) is 16.1. The van der Waals surface area contributed by atoms with Crippen LogP contribution >= 0.6 is 0 Å². The number of amides is 2. The van der Waals surface area contributed by atoms with Gasteiger partial charge in [-0.25, -0.2) is 4.79 Å². The van der Waals surface area contributed by atoms with Crippen LogP contribution in [0.3, 0.4) is 0 Å². The first kappa shape index (κ1) is 23.7. The Morgan fingerprint density at radius 3 is 2.53 bits per heavy atom. The van der Waals surface area contributed by atoms with Crippen molar-refractivity contribution in [1.82, 2.24) is 19.9 Å². The van der Waals surface area contributed by atoms with Gasteiger partial charge in [-0.05, 0) is 39.7 Å². The van der Waals surface area contributed by atoms with Gasteiger partial charge in [-0.15, -0.1) is 0 Å². The molecule has 0 aliphatic carbocycles. The van der Waals surface area contributed by atoms with E-state index in [4.69, 9.17) is 14.7 Å². The van der Waals surface area contributed by atoms with Crippen molar-refractivity contribution >= 4 is 23.9 Å². The van der Waals surface area contributed by atoms with Crippen LogP contribution in [0.15, 0.2) is 22.7 Å². The third-order valence-corrected chi connectivity index (χ3v) is 6.09. The number of benzene rings is 1. The summed E-state index contributed by atoms with van der Waals surface area (Å²) < 4.78 is 11.0. The van der Waals surface area contributed by atoms with E-state index in [0.29, 0.717) is 37.9 Å². The molecule has 0 radical (unpaired) electrons. The average Bonchev–Trinajstić information content (AvgIpc) is 3.24. The topological polar surface area (TPSA) is 125 Å². The standard InChI is InChI=1S/C24H32N6O4/c1-15(31)30-13-19(14-30)26-20-11-17(5-6-18(20)12-25)21-27-22(34-28-21)16-7-9-29(10-8-16)23(32)33-24(2,3)4/h5-6,11-12,16,19,25-26H,7-10,13-14H2,1-4H3. The van der Waals surface area contributed by atoms with Crippen LogP contribution in [0.5, 0.6) is 0 Å². The van der Waals surface area contributed by atoms with Gasteiger partial charge in [0.05, 0.1) is 6.04 Å². The maximum Gasteiger partial charge on any atom is 0.410 e. The van der Waals surface area contributed by atoms with E-state index in [-0.39, 0.29) is 24.0 Å². The minimum absolute atomic E-state index is 0.0651. The van der Waals surface area contributed by atoms with Crippen molar-refractivity contribution in [2.24, 2.45) is 0 Å². The Labute approximate surface area is 199 Å². The van der Waals surface area contributed by atoms with Gasteiger partial charge in [-0.1, -0.05) is 17.3 Å². The third-order valence-electron chi connectivity index (χ3n) is 6.09. The summed E-state index contributed by atoms with van der Waals surface area (Å²) in [4.78, 5) is 31.9. The molecular formula is C24H32N6O4. The van der Waals surface area contributed by atoms with Crippen LogP contribution in [0.25, 0.3) is 11.4 Å². The van der Waals surface area contributed by atoms with Crippen LogP contribution in [0.2, 0.25) is 0 Å². The van der Waals surface area contributed by atoms with E-state index in [9.17, 15) is 9.59 Å². The number of likely N-dealkylation sites (tertiary alicyclic amines) is 2. The summed E-state index contributed by atoms with van der Waals surface area (Å²) in [5.41, 5.74) is 1.83. The van der Waals surface area contributed by atoms with Gasteiger partial charge < -0.3 is 29.8 Å². The molecule has 2 aliphatic heterocycles. The molecule has 0 unspecified atom stereocenters. The zero-order chi connectivity index (χ0) is 24.5. The number of hydrogen-bond acceptors (Lipinski definition) is 8. The Morgan fingerprint density at radius 2 is 1.91 bits per heavy atom. The predicted molar refractivity (Wildman–Crippen MR) is 127 cm³/mol. The van der Waals surface area contributed by atoms with E-state index < -0.39 is 5.60 Å². The molecule has 2 aromatic rings. The summed E-state index contributed by atoms with van der Waals surface area (Å²) in [6.07, 6.45) is 2.47. The third kappa shape index (κ3) is 5.37. The molecule has 10 heteroatoms. The number of carbonyl (C=O) groups excluding carboxylic acids is 2. The van der Waals surface area contributed by atoms with Crippen molar-refractivity contribution in [3.8, 4) is 11.4 Å². The summed E-state index contributed by atoms with van der Waals surface area (Å²) in [6, 6.07) is 5.78.